The number of rotatable bonds is 2. The van der Waals surface area contributed by atoms with E-state index in [1.54, 1.807) is 12.1 Å². The molecule has 0 aliphatic carbocycles. The number of nitrogens with zero attached hydrogens (tertiary/aromatic N) is 1. The highest BCUT2D eigenvalue weighted by Gasteiger charge is 2.14. The van der Waals surface area contributed by atoms with Crippen molar-refractivity contribution < 1.29 is 8.42 Å². The van der Waals surface area contributed by atoms with E-state index in [0.717, 1.165) is 14.1 Å². The van der Waals surface area contributed by atoms with E-state index < -0.39 is 10.0 Å². The first kappa shape index (κ1) is 12.1. The van der Waals surface area contributed by atoms with Crippen LogP contribution in [0.25, 0.3) is 0 Å². The van der Waals surface area contributed by atoms with Crippen LogP contribution in [0.4, 0.5) is 5.69 Å². The normalized spacial score (nSPS) is 11.4. The molecule has 1 aromatic carbocycles. The van der Waals surface area contributed by atoms with Crippen molar-refractivity contribution in [2.24, 2.45) is 0 Å². The first-order valence-electron chi connectivity index (χ1n) is 3.71. The average Bonchev–Trinajstić information content (AvgIpc) is 2.01. The van der Waals surface area contributed by atoms with Crippen LogP contribution in [0.5, 0.6) is 0 Å². The van der Waals surface area contributed by atoms with E-state index in [2.05, 4.69) is 22.6 Å². The van der Waals surface area contributed by atoms with Gasteiger partial charge in [0.2, 0.25) is 10.0 Å². The molecule has 14 heavy (non-hydrogen) atoms. The Kier molecular flexibility index (Phi) is 3.65. The van der Waals surface area contributed by atoms with Gasteiger partial charge in [-0.1, -0.05) is 11.6 Å². The number of halogens is 2. The highest BCUT2D eigenvalue weighted by Crippen LogP contribution is 2.27. The Morgan fingerprint density at radius 2 is 2.00 bits per heavy atom. The van der Waals surface area contributed by atoms with Crippen LogP contribution in [-0.2, 0) is 10.0 Å². The van der Waals surface area contributed by atoms with Crippen molar-refractivity contribution >= 4 is 49.9 Å². The smallest absolute Gasteiger partial charge is 0.232 e. The van der Waals surface area contributed by atoms with E-state index in [4.69, 9.17) is 11.6 Å². The minimum Gasteiger partial charge on any atom is -0.272 e. The molecule has 0 aliphatic rings. The van der Waals surface area contributed by atoms with Gasteiger partial charge in [0.1, 0.15) is 0 Å². The summed E-state index contributed by atoms with van der Waals surface area (Å²) >= 11 is 8.03. The lowest BCUT2D eigenvalue weighted by Crippen LogP contribution is -2.25. The number of anilines is 1. The Labute approximate surface area is 102 Å². The Bertz CT molecular complexity index is 447. The zero-order valence-corrected chi connectivity index (χ0v) is 11.4. The van der Waals surface area contributed by atoms with Gasteiger partial charge in [-0.2, -0.15) is 0 Å². The molecule has 0 aromatic heterocycles. The third kappa shape index (κ3) is 2.74. The minimum atomic E-state index is -3.24. The molecule has 0 spiro atoms. The Morgan fingerprint density at radius 3 is 2.43 bits per heavy atom. The fourth-order valence-corrected chi connectivity index (χ4v) is 2.46. The SMILES string of the molecule is CN(c1ccc(I)cc1Cl)S(C)(=O)=O. The molecular weight excluding hydrogens is 337 g/mol. The fraction of sp³-hybridized carbons (Fsp3) is 0.250. The Morgan fingerprint density at radius 1 is 1.43 bits per heavy atom. The van der Waals surface area contributed by atoms with Crippen molar-refractivity contribution in [2.45, 2.75) is 0 Å². The van der Waals surface area contributed by atoms with Crippen LogP contribution >= 0.6 is 34.2 Å². The van der Waals surface area contributed by atoms with Gasteiger partial charge >= 0.3 is 0 Å². The van der Waals surface area contributed by atoms with Gasteiger partial charge in [-0.05, 0) is 40.8 Å². The van der Waals surface area contributed by atoms with Crippen LogP contribution in [0.3, 0.4) is 0 Å². The first-order chi connectivity index (χ1) is 6.32. The summed E-state index contributed by atoms with van der Waals surface area (Å²) in [7, 11) is -1.77. The molecule has 0 heterocycles. The molecule has 0 radical (unpaired) electrons. The number of sulfonamides is 1. The van der Waals surface area contributed by atoms with Crippen molar-refractivity contribution in [3.05, 3.63) is 26.8 Å². The van der Waals surface area contributed by atoms with Gasteiger partial charge in [0.05, 0.1) is 17.0 Å². The number of benzene rings is 1. The van der Waals surface area contributed by atoms with E-state index in [9.17, 15) is 8.42 Å². The van der Waals surface area contributed by atoms with Gasteiger partial charge in [-0.15, -0.1) is 0 Å². The third-order valence-corrected chi connectivity index (χ3v) is 3.91. The summed E-state index contributed by atoms with van der Waals surface area (Å²) in [6.45, 7) is 0. The Hall–Kier alpha value is -0.0100. The monoisotopic (exact) mass is 345 g/mol. The quantitative estimate of drug-likeness (QED) is 0.772. The molecular formula is C8H9ClINO2S. The summed E-state index contributed by atoms with van der Waals surface area (Å²) < 4.78 is 24.6. The number of hydrogen-bond acceptors (Lipinski definition) is 2. The van der Waals surface area contributed by atoms with Gasteiger partial charge < -0.3 is 0 Å². The van der Waals surface area contributed by atoms with Crippen LogP contribution in [-0.4, -0.2) is 21.7 Å². The van der Waals surface area contributed by atoms with Crippen molar-refractivity contribution in [3.63, 3.8) is 0 Å². The second-order valence-electron chi connectivity index (χ2n) is 2.83. The molecule has 6 heteroatoms. The van der Waals surface area contributed by atoms with E-state index >= 15 is 0 Å². The predicted octanol–water partition coefficient (Wildman–Crippen LogP) is 2.34. The molecule has 0 amide bonds. The zero-order valence-electron chi connectivity index (χ0n) is 7.66. The zero-order chi connectivity index (χ0) is 10.9. The summed E-state index contributed by atoms with van der Waals surface area (Å²) in [5, 5.41) is 0.435. The molecule has 1 rings (SSSR count). The van der Waals surface area contributed by atoms with Gasteiger partial charge in [0.25, 0.3) is 0 Å². The average molecular weight is 346 g/mol. The van der Waals surface area contributed by atoms with Crippen LogP contribution in [0.2, 0.25) is 5.02 Å². The maximum atomic E-state index is 11.2. The second kappa shape index (κ2) is 4.24. The van der Waals surface area contributed by atoms with Gasteiger partial charge in [-0.25, -0.2) is 8.42 Å². The lowest BCUT2D eigenvalue weighted by molar-refractivity contribution is 0.600. The molecule has 0 bridgehead atoms. The van der Waals surface area contributed by atoms with Crippen LogP contribution in [0.15, 0.2) is 18.2 Å². The summed E-state index contributed by atoms with van der Waals surface area (Å²) in [6, 6.07) is 5.22. The maximum absolute atomic E-state index is 11.2. The Balaban J connectivity index is 3.21. The molecule has 0 aliphatic heterocycles. The summed E-state index contributed by atoms with van der Waals surface area (Å²) in [6.07, 6.45) is 1.14. The molecule has 0 saturated heterocycles. The van der Waals surface area contributed by atoms with E-state index in [1.807, 2.05) is 6.07 Å². The lowest BCUT2D eigenvalue weighted by Gasteiger charge is -2.17. The molecule has 0 saturated carbocycles. The predicted molar refractivity (Wildman–Crippen MR) is 67.4 cm³/mol. The van der Waals surface area contributed by atoms with Crippen molar-refractivity contribution in [3.8, 4) is 0 Å². The van der Waals surface area contributed by atoms with E-state index in [-0.39, 0.29) is 0 Å². The lowest BCUT2D eigenvalue weighted by atomic mass is 10.3. The van der Waals surface area contributed by atoms with E-state index in [0.29, 0.717) is 10.7 Å². The standard InChI is InChI=1S/C8H9ClINO2S/c1-11(14(2,12)13)8-4-3-6(10)5-7(8)9/h3-5H,1-2H3. The number of hydrogen-bond donors (Lipinski definition) is 0. The van der Waals surface area contributed by atoms with Crippen molar-refractivity contribution in [1.29, 1.82) is 0 Å². The fourth-order valence-electron chi connectivity index (χ4n) is 0.915. The molecule has 0 fully saturated rings. The van der Waals surface area contributed by atoms with Crippen LogP contribution in [0.1, 0.15) is 0 Å². The molecule has 1 aromatic rings. The van der Waals surface area contributed by atoms with Gasteiger partial charge in [0.15, 0.2) is 0 Å². The molecule has 0 unspecified atom stereocenters. The minimum absolute atomic E-state index is 0.435. The summed E-state index contributed by atoms with van der Waals surface area (Å²) in [4.78, 5) is 0. The van der Waals surface area contributed by atoms with Crippen molar-refractivity contribution in [1.82, 2.24) is 0 Å². The molecule has 78 valence electrons. The maximum Gasteiger partial charge on any atom is 0.232 e. The second-order valence-corrected chi connectivity index (χ2v) is 6.49. The third-order valence-electron chi connectivity index (χ3n) is 1.75. The highest BCUT2D eigenvalue weighted by molar-refractivity contribution is 14.1. The highest BCUT2D eigenvalue weighted by atomic mass is 127. The first-order valence-corrected chi connectivity index (χ1v) is 7.02. The topological polar surface area (TPSA) is 37.4 Å². The van der Waals surface area contributed by atoms with Crippen molar-refractivity contribution in [2.75, 3.05) is 17.6 Å². The van der Waals surface area contributed by atoms with Gasteiger partial charge in [-0.3, -0.25) is 4.31 Å². The largest absolute Gasteiger partial charge is 0.272 e. The van der Waals surface area contributed by atoms with E-state index in [1.165, 1.54) is 7.05 Å². The van der Waals surface area contributed by atoms with Crippen LogP contribution < -0.4 is 4.31 Å². The molecule has 0 atom stereocenters. The molecule has 0 N–H and O–H groups in total. The van der Waals surface area contributed by atoms with Crippen LogP contribution in [0, 0.1) is 3.57 Å². The summed E-state index contributed by atoms with van der Waals surface area (Å²) in [5.74, 6) is 0. The van der Waals surface area contributed by atoms with Gasteiger partial charge in [0, 0.05) is 10.6 Å². The summed E-state index contributed by atoms with van der Waals surface area (Å²) in [5.41, 5.74) is 0.495. The molecule has 3 nitrogen and oxygen atoms in total.